The second kappa shape index (κ2) is 4.10. The quantitative estimate of drug-likeness (QED) is 0.570. The Hall–Kier alpha value is -2.23. The van der Waals surface area contributed by atoms with Gasteiger partial charge in [-0.2, -0.15) is 0 Å². The lowest BCUT2D eigenvalue weighted by Crippen LogP contribution is -1.94. The maximum atomic E-state index is 10.8. The van der Waals surface area contributed by atoms with Crippen LogP contribution < -0.4 is 0 Å². The van der Waals surface area contributed by atoms with Gasteiger partial charge in [-0.05, 0) is 34.5 Å². The van der Waals surface area contributed by atoms with E-state index in [1.165, 1.54) is 6.20 Å². The van der Waals surface area contributed by atoms with Crippen LogP contribution in [0.15, 0.2) is 42.6 Å². The normalized spacial score (nSPS) is 10.1. The van der Waals surface area contributed by atoms with Crippen LogP contribution in [0, 0.1) is 17.0 Å². The Kier molecular flexibility index (Phi) is 2.64. The van der Waals surface area contributed by atoms with Crippen LogP contribution in [0.4, 0.5) is 5.82 Å². The van der Waals surface area contributed by atoms with Gasteiger partial charge in [0, 0.05) is 0 Å². The van der Waals surface area contributed by atoms with Gasteiger partial charge in [-0.15, -0.1) is 0 Å². The first-order valence-electron chi connectivity index (χ1n) is 4.85. The molecule has 0 fully saturated rings. The third-order valence-electron chi connectivity index (χ3n) is 2.32. The molecule has 0 radical (unpaired) electrons. The summed E-state index contributed by atoms with van der Waals surface area (Å²) in [6.45, 7) is 1.97. The van der Waals surface area contributed by atoms with Gasteiger partial charge in [-0.25, -0.2) is 0 Å². The van der Waals surface area contributed by atoms with E-state index in [2.05, 4.69) is 4.98 Å². The number of rotatable bonds is 2. The molecule has 0 aliphatic rings. The summed E-state index contributed by atoms with van der Waals surface area (Å²) in [4.78, 5) is 14.1. The Morgan fingerprint density at radius 3 is 2.50 bits per heavy atom. The highest BCUT2D eigenvalue weighted by molar-refractivity contribution is 5.71. The lowest BCUT2D eigenvalue weighted by molar-refractivity contribution is -0.388. The number of nitro groups is 1. The largest absolute Gasteiger partial charge is 0.371 e. The van der Waals surface area contributed by atoms with Crippen molar-refractivity contribution in [3.8, 4) is 11.1 Å². The minimum atomic E-state index is -0.463. The maximum Gasteiger partial charge on any atom is 0.371 e. The first-order valence-corrected chi connectivity index (χ1v) is 4.85. The molecule has 1 heterocycles. The Morgan fingerprint density at radius 2 is 1.88 bits per heavy atom. The SMILES string of the molecule is Cc1ccc(-c2cccnc2[N+](=O)[O-])cc1. The van der Waals surface area contributed by atoms with Gasteiger partial charge >= 0.3 is 5.82 Å². The van der Waals surface area contributed by atoms with Crippen molar-refractivity contribution in [3.05, 3.63) is 58.3 Å². The summed E-state index contributed by atoms with van der Waals surface area (Å²) in [5.41, 5.74) is 2.48. The number of aromatic nitrogens is 1. The van der Waals surface area contributed by atoms with Crippen molar-refractivity contribution in [1.82, 2.24) is 4.98 Å². The van der Waals surface area contributed by atoms with Crippen LogP contribution in [0.1, 0.15) is 5.56 Å². The molecule has 0 bridgehead atoms. The van der Waals surface area contributed by atoms with Gasteiger partial charge in [0.05, 0.1) is 5.56 Å². The molecule has 0 saturated heterocycles. The van der Waals surface area contributed by atoms with Crippen molar-refractivity contribution in [3.63, 3.8) is 0 Å². The van der Waals surface area contributed by atoms with Gasteiger partial charge in [0.1, 0.15) is 6.20 Å². The topological polar surface area (TPSA) is 56.0 Å². The molecule has 1 aromatic carbocycles. The zero-order valence-electron chi connectivity index (χ0n) is 8.75. The molecule has 2 rings (SSSR count). The third-order valence-corrected chi connectivity index (χ3v) is 2.32. The monoisotopic (exact) mass is 214 g/mol. The molecular formula is C12H10N2O2. The van der Waals surface area contributed by atoms with Crippen LogP contribution >= 0.6 is 0 Å². The fourth-order valence-electron chi connectivity index (χ4n) is 1.50. The lowest BCUT2D eigenvalue weighted by atomic mass is 10.1. The molecule has 16 heavy (non-hydrogen) atoms. The lowest BCUT2D eigenvalue weighted by Gasteiger charge is -2.02. The van der Waals surface area contributed by atoms with Gasteiger partial charge in [0.15, 0.2) is 0 Å². The molecule has 4 nitrogen and oxygen atoms in total. The van der Waals surface area contributed by atoms with Crippen molar-refractivity contribution >= 4 is 5.82 Å². The van der Waals surface area contributed by atoms with E-state index in [1.807, 2.05) is 31.2 Å². The highest BCUT2D eigenvalue weighted by atomic mass is 16.6. The molecule has 0 spiro atoms. The van der Waals surface area contributed by atoms with Crippen molar-refractivity contribution < 1.29 is 4.92 Å². The average Bonchev–Trinajstić information content (AvgIpc) is 2.30. The molecule has 4 heteroatoms. The predicted octanol–water partition coefficient (Wildman–Crippen LogP) is 2.97. The van der Waals surface area contributed by atoms with Crippen LogP contribution in [0.5, 0.6) is 0 Å². The molecule has 0 saturated carbocycles. The predicted molar refractivity (Wildman–Crippen MR) is 61.1 cm³/mol. The van der Waals surface area contributed by atoms with E-state index in [9.17, 15) is 10.1 Å². The fourth-order valence-corrected chi connectivity index (χ4v) is 1.50. The highest BCUT2D eigenvalue weighted by Crippen LogP contribution is 2.27. The van der Waals surface area contributed by atoms with E-state index in [0.29, 0.717) is 5.56 Å². The van der Waals surface area contributed by atoms with Crippen LogP contribution in [-0.2, 0) is 0 Å². The van der Waals surface area contributed by atoms with Crippen molar-refractivity contribution in [2.75, 3.05) is 0 Å². The van der Waals surface area contributed by atoms with E-state index in [1.54, 1.807) is 12.1 Å². The highest BCUT2D eigenvalue weighted by Gasteiger charge is 2.14. The summed E-state index contributed by atoms with van der Waals surface area (Å²) in [5, 5.41) is 10.8. The minimum absolute atomic E-state index is 0.105. The molecular weight excluding hydrogens is 204 g/mol. The molecule has 0 N–H and O–H groups in total. The zero-order chi connectivity index (χ0) is 11.5. The van der Waals surface area contributed by atoms with Gasteiger partial charge in [0.25, 0.3) is 0 Å². The smallest absolute Gasteiger partial charge is 0.358 e. The van der Waals surface area contributed by atoms with E-state index in [-0.39, 0.29) is 5.82 Å². The summed E-state index contributed by atoms with van der Waals surface area (Å²) in [6, 6.07) is 11.0. The maximum absolute atomic E-state index is 10.8. The van der Waals surface area contributed by atoms with E-state index < -0.39 is 4.92 Å². The van der Waals surface area contributed by atoms with Crippen molar-refractivity contribution in [1.29, 1.82) is 0 Å². The third kappa shape index (κ3) is 1.91. The molecule has 80 valence electrons. The van der Waals surface area contributed by atoms with Crippen LogP contribution in [0.2, 0.25) is 0 Å². The summed E-state index contributed by atoms with van der Waals surface area (Å²) >= 11 is 0. The Morgan fingerprint density at radius 1 is 1.19 bits per heavy atom. The van der Waals surface area contributed by atoms with Crippen LogP contribution in [-0.4, -0.2) is 9.91 Å². The van der Waals surface area contributed by atoms with Crippen LogP contribution in [0.3, 0.4) is 0 Å². The van der Waals surface area contributed by atoms with E-state index in [4.69, 9.17) is 0 Å². The summed E-state index contributed by atoms with van der Waals surface area (Å²) in [6.07, 6.45) is 1.43. The molecule has 2 aromatic rings. The summed E-state index contributed by atoms with van der Waals surface area (Å²) in [7, 11) is 0. The Bertz CT molecular complexity index is 521. The fraction of sp³-hybridized carbons (Fsp3) is 0.0833. The molecule has 0 atom stereocenters. The number of hydrogen-bond donors (Lipinski definition) is 0. The van der Waals surface area contributed by atoms with Gasteiger partial charge < -0.3 is 10.1 Å². The minimum Gasteiger partial charge on any atom is -0.358 e. The summed E-state index contributed by atoms with van der Waals surface area (Å²) in [5.74, 6) is -0.105. The molecule has 0 unspecified atom stereocenters. The van der Waals surface area contributed by atoms with Gasteiger partial charge in [-0.1, -0.05) is 29.8 Å². The van der Waals surface area contributed by atoms with Gasteiger partial charge in [-0.3, -0.25) is 0 Å². The number of pyridine rings is 1. The van der Waals surface area contributed by atoms with E-state index >= 15 is 0 Å². The molecule has 0 aliphatic heterocycles. The Labute approximate surface area is 92.7 Å². The number of nitrogens with zero attached hydrogens (tertiary/aromatic N) is 2. The first kappa shape index (κ1) is 10.3. The second-order valence-electron chi connectivity index (χ2n) is 3.50. The zero-order valence-corrected chi connectivity index (χ0v) is 8.75. The van der Waals surface area contributed by atoms with Crippen molar-refractivity contribution in [2.24, 2.45) is 0 Å². The van der Waals surface area contributed by atoms with E-state index in [0.717, 1.165) is 11.1 Å². The first-order chi connectivity index (χ1) is 7.68. The Balaban J connectivity index is 2.55. The standard InChI is InChI=1S/C12H10N2O2/c1-9-4-6-10(7-5-9)11-3-2-8-13-12(11)14(15)16/h2-8H,1H3. The second-order valence-corrected chi connectivity index (χ2v) is 3.50. The van der Waals surface area contributed by atoms with Gasteiger partial charge in [0.2, 0.25) is 0 Å². The number of hydrogen-bond acceptors (Lipinski definition) is 3. The summed E-state index contributed by atoms with van der Waals surface area (Å²) < 4.78 is 0. The molecule has 1 aromatic heterocycles. The van der Waals surface area contributed by atoms with Crippen LogP contribution in [0.25, 0.3) is 11.1 Å². The molecule has 0 aliphatic carbocycles. The average molecular weight is 214 g/mol. The molecule has 0 amide bonds. The number of benzene rings is 1. The van der Waals surface area contributed by atoms with Crippen molar-refractivity contribution in [2.45, 2.75) is 6.92 Å². The number of aryl methyl sites for hydroxylation is 1.